The lowest BCUT2D eigenvalue weighted by atomic mass is 9.93. The molecule has 48 heavy (non-hydrogen) atoms. The highest BCUT2D eigenvalue weighted by Gasteiger charge is 2.10. The Morgan fingerprint density at radius 3 is 2.04 bits per heavy atom. The molecule has 3 aromatic carbocycles. The van der Waals surface area contributed by atoms with Crippen molar-refractivity contribution in [2.45, 2.75) is 45.4 Å². The molecule has 0 spiro atoms. The number of esters is 1. The molecule has 0 N–H and O–H groups in total. The van der Waals surface area contributed by atoms with Crippen LogP contribution >= 0.6 is 0 Å². The van der Waals surface area contributed by atoms with E-state index in [-0.39, 0.29) is 38.5 Å². The predicted octanol–water partition coefficient (Wildman–Crippen LogP) is 8.23. The Hall–Kier alpha value is -5.07. The third-order valence-electron chi connectivity index (χ3n) is 7.25. The largest absolute Gasteiger partial charge is 0.491 e. The average Bonchev–Trinajstić information content (AvgIpc) is 3.10. The highest BCUT2D eigenvalue weighted by atomic mass is 16.6. The van der Waals surface area contributed by atoms with Gasteiger partial charge < -0.3 is 18.9 Å². The zero-order valence-electron chi connectivity index (χ0n) is 27.7. The van der Waals surface area contributed by atoms with E-state index in [1.165, 1.54) is 31.2 Å². The lowest BCUT2D eigenvalue weighted by Crippen LogP contribution is -2.14. The van der Waals surface area contributed by atoms with Crippen molar-refractivity contribution in [2.75, 3.05) is 46.1 Å². The van der Waals surface area contributed by atoms with E-state index >= 15 is 0 Å². The molecule has 0 radical (unpaired) electrons. The van der Waals surface area contributed by atoms with Crippen LogP contribution in [0.3, 0.4) is 0 Å². The maximum atomic E-state index is 11.7. The van der Waals surface area contributed by atoms with Crippen LogP contribution < -0.4 is 9.47 Å². The van der Waals surface area contributed by atoms with E-state index in [0.29, 0.717) is 24.5 Å². The van der Waals surface area contributed by atoms with Crippen molar-refractivity contribution < 1.29 is 23.7 Å². The third-order valence-corrected chi connectivity index (χ3v) is 7.25. The molecule has 0 aliphatic rings. The van der Waals surface area contributed by atoms with Gasteiger partial charge in [-0.25, -0.2) is 4.79 Å². The van der Waals surface area contributed by atoms with Gasteiger partial charge in [-0.1, -0.05) is 86.2 Å². The lowest BCUT2D eigenvalue weighted by Gasteiger charge is -2.12. The van der Waals surface area contributed by atoms with Crippen LogP contribution in [0.4, 0.5) is 0 Å². The van der Waals surface area contributed by atoms with Gasteiger partial charge in [0.05, 0.1) is 18.8 Å². The Balaban J connectivity index is 1.61. The van der Waals surface area contributed by atoms with Crippen molar-refractivity contribution in [3.63, 3.8) is 0 Å². The minimum atomic E-state index is -0.653. The molecule has 3 rings (SSSR count). The van der Waals surface area contributed by atoms with E-state index in [4.69, 9.17) is 18.9 Å². The zero-order valence-corrected chi connectivity index (χ0v) is 27.7. The van der Waals surface area contributed by atoms with E-state index in [9.17, 15) is 14.6 Å². The topological polar surface area (TPSA) is 113 Å². The summed E-state index contributed by atoms with van der Waals surface area (Å²) >= 11 is 0. The van der Waals surface area contributed by atoms with Crippen molar-refractivity contribution in [1.29, 1.82) is 0 Å². The number of benzene rings is 3. The number of hydrogen-bond donors (Lipinski definition) is 0. The summed E-state index contributed by atoms with van der Waals surface area (Å²) in [5.74, 6) is 7.32. The minimum absolute atomic E-state index is 0.0149. The maximum absolute atomic E-state index is 11.7. The van der Waals surface area contributed by atoms with Crippen LogP contribution in [0.15, 0.2) is 101 Å². The van der Waals surface area contributed by atoms with Gasteiger partial charge in [-0.15, -0.1) is 0 Å². The molecule has 252 valence electrons. The monoisotopic (exact) mass is 652 g/mol. The summed E-state index contributed by atoms with van der Waals surface area (Å²) < 4.78 is 21.9. The lowest BCUT2D eigenvalue weighted by molar-refractivity contribution is -0.139. The number of ether oxygens (including phenoxy) is 4. The van der Waals surface area contributed by atoms with Gasteiger partial charge in [0, 0.05) is 11.1 Å². The van der Waals surface area contributed by atoms with Crippen LogP contribution in [0.25, 0.3) is 11.1 Å². The second kappa shape index (κ2) is 21.7. The maximum Gasteiger partial charge on any atom is 0.335 e. The molecule has 0 heterocycles. The van der Waals surface area contributed by atoms with Gasteiger partial charge >= 0.3 is 5.97 Å². The van der Waals surface area contributed by atoms with Gasteiger partial charge in [0.1, 0.15) is 44.4 Å². The van der Waals surface area contributed by atoms with Crippen molar-refractivity contribution in [2.24, 2.45) is 10.4 Å². The number of nitrogens with zero attached hydrogens (tertiary/aromatic N) is 2. The van der Waals surface area contributed by atoms with Crippen LogP contribution in [0.5, 0.6) is 11.5 Å². The van der Waals surface area contributed by atoms with Crippen molar-refractivity contribution in [1.82, 2.24) is 0 Å². The van der Waals surface area contributed by atoms with Crippen LogP contribution in [-0.4, -0.2) is 52.1 Å². The first kappa shape index (κ1) is 37.4. The van der Waals surface area contributed by atoms with E-state index < -0.39 is 5.97 Å². The van der Waals surface area contributed by atoms with Crippen LogP contribution in [-0.2, 0) is 20.7 Å². The molecule has 0 atom stereocenters. The Morgan fingerprint density at radius 1 is 0.729 bits per heavy atom. The first-order chi connectivity index (χ1) is 23.4. The van der Waals surface area contributed by atoms with Crippen molar-refractivity contribution in [3.05, 3.63) is 118 Å². The van der Waals surface area contributed by atoms with Gasteiger partial charge in [-0.3, -0.25) is 0 Å². The molecule has 0 unspecified atom stereocenters. The fraction of sp³-hybridized carbons (Fsp3) is 0.359. The number of carbonyl (C=O) groups is 1. The molecule has 0 bridgehead atoms. The summed E-state index contributed by atoms with van der Waals surface area (Å²) in [5.41, 5.74) is 5.98. The standard InChI is InChI=1S/C39H44N2O7/c1-4-5-6-7-8-9-35-26-33(11-10-32-12-17-36(18-13-32)46-23-22-45-29-30(2)27-40-43)14-21-38(35)34-15-19-37(20-16-34)47-24-25-48-39(42)31(3)28-41-44/h12-21,26H,2-9,22-25,27-29H2,1H3. The summed E-state index contributed by atoms with van der Waals surface area (Å²) in [5, 5.41) is 5.44. The minimum Gasteiger partial charge on any atom is -0.491 e. The van der Waals surface area contributed by atoms with E-state index in [2.05, 4.69) is 54.4 Å². The van der Waals surface area contributed by atoms with Crippen LogP contribution in [0.1, 0.15) is 55.7 Å². The van der Waals surface area contributed by atoms with Gasteiger partial charge in [0.25, 0.3) is 0 Å². The Labute approximate surface area is 283 Å². The molecule has 0 aliphatic heterocycles. The zero-order chi connectivity index (χ0) is 34.4. The van der Waals surface area contributed by atoms with Crippen molar-refractivity contribution >= 4 is 5.97 Å². The summed E-state index contributed by atoms with van der Waals surface area (Å²) in [7, 11) is 0. The van der Waals surface area contributed by atoms with Gasteiger partial charge in [-0.05, 0) is 83.6 Å². The normalized spacial score (nSPS) is 10.4. The smallest absolute Gasteiger partial charge is 0.335 e. The number of unbranched alkanes of at least 4 members (excludes halogenated alkanes) is 4. The predicted molar refractivity (Wildman–Crippen MR) is 189 cm³/mol. The molecular weight excluding hydrogens is 608 g/mol. The number of carbonyl (C=O) groups excluding carboxylic acids is 1. The first-order valence-electron chi connectivity index (χ1n) is 16.2. The summed E-state index contributed by atoms with van der Waals surface area (Å²) in [6, 6.07) is 21.8. The van der Waals surface area contributed by atoms with Crippen LogP contribution in [0, 0.1) is 21.7 Å². The number of nitroso groups, excluding NO2 is 2. The quantitative estimate of drug-likeness (QED) is 0.0268. The number of hydrogen-bond acceptors (Lipinski definition) is 9. The van der Waals surface area contributed by atoms with Gasteiger partial charge in [0.15, 0.2) is 0 Å². The summed E-state index contributed by atoms with van der Waals surface area (Å²) in [6.45, 7) is 10.5. The Kier molecular flexibility index (Phi) is 16.9. The Morgan fingerprint density at radius 2 is 1.35 bits per heavy atom. The fourth-order valence-corrected chi connectivity index (χ4v) is 4.70. The molecule has 0 saturated heterocycles. The van der Waals surface area contributed by atoms with Crippen LogP contribution in [0.2, 0.25) is 0 Å². The van der Waals surface area contributed by atoms with Gasteiger partial charge in [-0.2, -0.15) is 9.81 Å². The molecule has 9 heteroatoms. The molecule has 0 amide bonds. The van der Waals surface area contributed by atoms with E-state index in [1.54, 1.807) is 0 Å². The molecular formula is C39H44N2O7. The highest BCUT2D eigenvalue weighted by molar-refractivity contribution is 5.88. The highest BCUT2D eigenvalue weighted by Crippen LogP contribution is 2.28. The molecule has 0 aliphatic carbocycles. The summed E-state index contributed by atoms with van der Waals surface area (Å²) in [4.78, 5) is 32.3. The average molecular weight is 653 g/mol. The third kappa shape index (κ3) is 13.7. The fourth-order valence-electron chi connectivity index (χ4n) is 4.70. The van der Waals surface area contributed by atoms with E-state index in [1.807, 2.05) is 54.6 Å². The van der Waals surface area contributed by atoms with Gasteiger partial charge in [0.2, 0.25) is 0 Å². The van der Waals surface area contributed by atoms with Crippen molar-refractivity contribution in [3.8, 4) is 34.5 Å². The molecule has 0 fully saturated rings. The SMILES string of the molecule is C=C(CN=O)COCCOc1ccc(C#Cc2ccc(-c3ccc(OCCOC(=O)C(=C)CN=O)cc3)c(CCCCCCC)c2)cc1. The van der Waals surface area contributed by atoms with E-state index in [0.717, 1.165) is 40.8 Å². The molecule has 3 aromatic rings. The first-order valence-corrected chi connectivity index (χ1v) is 16.2. The number of aryl methyl sites for hydroxylation is 1. The second-order valence-corrected chi connectivity index (χ2v) is 11.1. The molecule has 0 saturated carbocycles. The summed E-state index contributed by atoms with van der Waals surface area (Å²) in [6.07, 6.45) is 6.94. The number of rotatable bonds is 22. The second-order valence-electron chi connectivity index (χ2n) is 11.1. The molecule has 0 aromatic heterocycles. The molecule has 9 nitrogen and oxygen atoms in total. The Bertz CT molecular complexity index is 1550.